The fourth-order valence-corrected chi connectivity index (χ4v) is 2.90. The Hall–Kier alpha value is -1.52. The van der Waals surface area contributed by atoms with Gasteiger partial charge in [0.15, 0.2) is 11.5 Å². The maximum Gasteiger partial charge on any atom is 0.160 e. The van der Waals surface area contributed by atoms with E-state index in [0.29, 0.717) is 0 Å². The summed E-state index contributed by atoms with van der Waals surface area (Å²) in [6, 6.07) is 8.00. The van der Waals surface area contributed by atoms with E-state index in [1.165, 1.54) is 0 Å². The number of ether oxygens (including phenoxy) is 2. The fraction of sp³-hybridized carbons (Fsp3) is 0.333. The lowest BCUT2D eigenvalue weighted by molar-refractivity contribution is 0.354. The molecule has 0 fully saturated rings. The van der Waals surface area contributed by atoms with Crippen molar-refractivity contribution >= 4 is 11.3 Å². The van der Waals surface area contributed by atoms with Crippen LogP contribution in [0.2, 0.25) is 0 Å². The molecule has 2 N–H and O–H groups in total. The molecule has 0 aliphatic rings. The summed E-state index contributed by atoms with van der Waals surface area (Å²) < 4.78 is 10.6. The van der Waals surface area contributed by atoms with Gasteiger partial charge in [-0.3, -0.25) is 0 Å². The predicted octanol–water partition coefficient (Wildman–Crippen LogP) is 3.18. The lowest BCUT2D eigenvalue weighted by atomic mass is 9.88. The molecule has 19 heavy (non-hydrogen) atoms. The van der Waals surface area contributed by atoms with Crippen molar-refractivity contribution in [1.82, 2.24) is 0 Å². The van der Waals surface area contributed by atoms with Gasteiger partial charge in [-0.25, -0.2) is 0 Å². The Bertz CT molecular complexity index is 535. The van der Waals surface area contributed by atoms with Crippen LogP contribution in [0.15, 0.2) is 35.0 Å². The van der Waals surface area contributed by atoms with E-state index in [1.54, 1.807) is 25.6 Å². The second-order valence-corrected chi connectivity index (χ2v) is 5.58. The molecule has 102 valence electrons. The minimum absolute atomic E-state index is 0.375. The first-order valence-corrected chi connectivity index (χ1v) is 7.03. The summed E-state index contributed by atoms with van der Waals surface area (Å²) in [6.45, 7) is 2.05. The molecule has 0 aliphatic heterocycles. The third-order valence-corrected chi connectivity index (χ3v) is 3.88. The zero-order chi connectivity index (χ0) is 13.9. The molecular weight excluding hydrogens is 258 g/mol. The quantitative estimate of drug-likeness (QED) is 0.913. The summed E-state index contributed by atoms with van der Waals surface area (Å²) >= 11 is 1.67. The number of hydrogen-bond donors (Lipinski definition) is 1. The molecule has 3 nitrogen and oxygen atoms in total. The molecule has 1 aromatic heterocycles. The van der Waals surface area contributed by atoms with Gasteiger partial charge in [0.05, 0.1) is 14.2 Å². The third kappa shape index (κ3) is 3.08. The Morgan fingerprint density at radius 2 is 1.89 bits per heavy atom. The van der Waals surface area contributed by atoms with Crippen LogP contribution in [0.3, 0.4) is 0 Å². The molecule has 0 saturated heterocycles. The van der Waals surface area contributed by atoms with Gasteiger partial charge >= 0.3 is 0 Å². The van der Waals surface area contributed by atoms with Gasteiger partial charge < -0.3 is 15.2 Å². The first kappa shape index (κ1) is 13.9. The van der Waals surface area contributed by atoms with Crippen LogP contribution in [-0.2, 0) is 12.0 Å². The van der Waals surface area contributed by atoms with E-state index in [-0.39, 0.29) is 5.54 Å². The molecule has 1 atom stereocenters. The van der Waals surface area contributed by atoms with Gasteiger partial charge in [0.2, 0.25) is 0 Å². The first-order valence-electron chi connectivity index (χ1n) is 6.09. The Morgan fingerprint density at radius 3 is 2.47 bits per heavy atom. The highest BCUT2D eigenvalue weighted by Gasteiger charge is 2.22. The van der Waals surface area contributed by atoms with E-state index >= 15 is 0 Å². The van der Waals surface area contributed by atoms with Crippen molar-refractivity contribution in [3.05, 3.63) is 46.2 Å². The fourth-order valence-electron chi connectivity index (χ4n) is 2.11. The Balaban J connectivity index is 2.24. The van der Waals surface area contributed by atoms with Gasteiger partial charge in [0.1, 0.15) is 0 Å². The van der Waals surface area contributed by atoms with Gasteiger partial charge in [-0.2, -0.15) is 11.3 Å². The number of hydrogen-bond acceptors (Lipinski definition) is 4. The Kier molecular flexibility index (Phi) is 4.12. The number of nitrogens with two attached hydrogens (primary N) is 1. The number of methoxy groups -OCH3 is 2. The summed E-state index contributed by atoms with van der Waals surface area (Å²) in [5.74, 6) is 1.47. The number of rotatable bonds is 5. The minimum Gasteiger partial charge on any atom is -0.493 e. The van der Waals surface area contributed by atoms with Crippen LogP contribution >= 0.6 is 11.3 Å². The largest absolute Gasteiger partial charge is 0.493 e. The molecule has 1 aromatic carbocycles. The SMILES string of the molecule is COc1ccc(CC(C)(N)c2ccsc2)cc1OC. The van der Waals surface area contributed by atoms with Crippen molar-refractivity contribution in [2.24, 2.45) is 5.73 Å². The molecule has 0 bridgehead atoms. The number of benzene rings is 1. The molecule has 1 heterocycles. The van der Waals surface area contributed by atoms with Crippen molar-refractivity contribution in [2.45, 2.75) is 18.9 Å². The van der Waals surface area contributed by atoms with Gasteiger partial charge in [0.25, 0.3) is 0 Å². The van der Waals surface area contributed by atoms with Crippen LogP contribution in [0.1, 0.15) is 18.1 Å². The van der Waals surface area contributed by atoms with Gasteiger partial charge in [-0.1, -0.05) is 6.07 Å². The smallest absolute Gasteiger partial charge is 0.160 e. The summed E-state index contributed by atoms with van der Waals surface area (Å²) in [4.78, 5) is 0. The standard InChI is InChI=1S/C15H19NO2S/c1-15(16,12-6-7-19-10-12)9-11-4-5-13(17-2)14(8-11)18-3/h4-8,10H,9,16H2,1-3H3. The van der Waals surface area contributed by atoms with Crippen LogP contribution in [0.4, 0.5) is 0 Å². The second-order valence-electron chi connectivity index (χ2n) is 4.80. The van der Waals surface area contributed by atoms with Crippen molar-refractivity contribution < 1.29 is 9.47 Å². The van der Waals surface area contributed by atoms with Gasteiger partial charge in [-0.15, -0.1) is 0 Å². The van der Waals surface area contributed by atoms with Crippen LogP contribution in [-0.4, -0.2) is 14.2 Å². The molecular formula is C15H19NO2S. The molecule has 2 rings (SSSR count). The monoisotopic (exact) mass is 277 g/mol. The van der Waals surface area contributed by atoms with Crippen LogP contribution in [0.5, 0.6) is 11.5 Å². The van der Waals surface area contributed by atoms with E-state index in [4.69, 9.17) is 15.2 Å². The zero-order valence-electron chi connectivity index (χ0n) is 11.5. The highest BCUT2D eigenvalue weighted by molar-refractivity contribution is 7.08. The maximum atomic E-state index is 6.41. The van der Waals surface area contributed by atoms with Gasteiger partial charge in [-0.05, 0) is 53.4 Å². The van der Waals surface area contributed by atoms with E-state index in [1.807, 2.05) is 25.1 Å². The van der Waals surface area contributed by atoms with Gasteiger partial charge in [0, 0.05) is 5.54 Å². The van der Waals surface area contributed by atoms with Crippen LogP contribution in [0.25, 0.3) is 0 Å². The molecule has 0 saturated carbocycles. The van der Waals surface area contributed by atoms with Crippen molar-refractivity contribution in [1.29, 1.82) is 0 Å². The maximum absolute atomic E-state index is 6.41. The Labute approximate surface area is 118 Å². The summed E-state index contributed by atoms with van der Waals surface area (Å²) in [6.07, 6.45) is 0.754. The Morgan fingerprint density at radius 1 is 1.16 bits per heavy atom. The van der Waals surface area contributed by atoms with Crippen LogP contribution < -0.4 is 15.2 Å². The molecule has 0 aliphatic carbocycles. The van der Waals surface area contributed by atoms with E-state index in [0.717, 1.165) is 29.0 Å². The lowest BCUT2D eigenvalue weighted by Crippen LogP contribution is -2.34. The van der Waals surface area contributed by atoms with Crippen molar-refractivity contribution in [3.8, 4) is 11.5 Å². The predicted molar refractivity (Wildman–Crippen MR) is 79.1 cm³/mol. The summed E-state index contributed by atoms with van der Waals surface area (Å²) in [5, 5.41) is 4.15. The third-order valence-electron chi connectivity index (χ3n) is 3.20. The average molecular weight is 277 g/mol. The lowest BCUT2D eigenvalue weighted by Gasteiger charge is -2.24. The molecule has 1 unspecified atom stereocenters. The summed E-state index contributed by atoms with van der Waals surface area (Å²) in [5.41, 5.74) is 8.33. The van der Waals surface area contributed by atoms with E-state index < -0.39 is 0 Å². The topological polar surface area (TPSA) is 44.5 Å². The van der Waals surface area contributed by atoms with E-state index in [2.05, 4.69) is 16.8 Å². The molecule has 0 amide bonds. The zero-order valence-corrected chi connectivity index (χ0v) is 12.3. The van der Waals surface area contributed by atoms with Crippen LogP contribution in [0, 0.1) is 0 Å². The average Bonchev–Trinajstić information content (AvgIpc) is 2.93. The van der Waals surface area contributed by atoms with Crippen molar-refractivity contribution in [2.75, 3.05) is 14.2 Å². The van der Waals surface area contributed by atoms with E-state index in [9.17, 15) is 0 Å². The molecule has 0 radical (unpaired) electrons. The highest BCUT2D eigenvalue weighted by Crippen LogP contribution is 2.31. The minimum atomic E-state index is -0.375. The summed E-state index contributed by atoms with van der Waals surface area (Å²) in [7, 11) is 3.28. The second kappa shape index (κ2) is 5.63. The molecule has 2 aromatic rings. The first-order chi connectivity index (χ1) is 9.06. The van der Waals surface area contributed by atoms with Crippen molar-refractivity contribution in [3.63, 3.8) is 0 Å². The highest BCUT2D eigenvalue weighted by atomic mass is 32.1. The number of thiophene rings is 1. The normalized spacial score (nSPS) is 13.9. The molecule has 4 heteroatoms. The molecule has 0 spiro atoms.